The Morgan fingerprint density at radius 3 is 2.40 bits per heavy atom. The van der Waals surface area contributed by atoms with Crippen molar-refractivity contribution in [1.82, 2.24) is 35.1 Å². The normalized spacial score (nSPS) is 16.8. The lowest BCUT2D eigenvalue weighted by molar-refractivity contribution is -0.140. The van der Waals surface area contributed by atoms with Gasteiger partial charge < -0.3 is 40.3 Å². The van der Waals surface area contributed by atoms with E-state index in [4.69, 9.17) is 4.74 Å². The Labute approximate surface area is 267 Å². The molecule has 0 saturated carbocycles. The van der Waals surface area contributed by atoms with Crippen molar-refractivity contribution in [3.63, 3.8) is 0 Å². The van der Waals surface area contributed by atoms with Crippen LogP contribution < -0.4 is 15.4 Å². The monoisotopic (exact) mass is 663 g/mol. The number of hydrogen-bond donors (Lipinski definition) is 4. The van der Waals surface area contributed by atoms with Crippen molar-refractivity contribution in [2.24, 2.45) is 0 Å². The summed E-state index contributed by atoms with van der Waals surface area (Å²) >= 11 is 0. The molecular formula is C29H35F2N7O9. The van der Waals surface area contributed by atoms with E-state index in [0.717, 1.165) is 21.7 Å². The fraction of sp³-hybridized carbons (Fsp3) is 0.483. The minimum atomic E-state index is -1.30. The van der Waals surface area contributed by atoms with Gasteiger partial charge in [-0.05, 0) is 37.5 Å². The summed E-state index contributed by atoms with van der Waals surface area (Å²) in [6, 6.07) is 4.19. The van der Waals surface area contributed by atoms with E-state index in [1.807, 2.05) is 0 Å². The van der Waals surface area contributed by atoms with E-state index < -0.39 is 73.3 Å². The number of piperazine rings is 1. The predicted molar refractivity (Wildman–Crippen MR) is 157 cm³/mol. The Morgan fingerprint density at radius 1 is 1.02 bits per heavy atom. The number of alkyl halides is 1. The molecule has 2 aromatic rings. The molecular weight excluding hydrogens is 628 g/mol. The zero-order valence-corrected chi connectivity index (χ0v) is 25.3. The summed E-state index contributed by atoms with van der Waals surface area (Å²) in [4.78, 5) is 78.4. The number of likely N-dealkylation sites (tertiary alicyclic amines) is 1. The minimum absolute atomic E-state index is 0.0403. The van der Waals surface area contributed by atoms with Gasteiger partial charge in [0.25, 0.3) is 11.8 Å². The first-order valence-electron chi connectivity index (χ1n) is 14.9. The van der Waals surface area contributed by atoms with Crippen LogP contribution in [0.5, 0.6) is 5.88 Å². The van der Waals surface area contributed by atoms with E-state index in [1.165, 1.54) is 28.0 Å². The summed E-state index contributed by atoms with van der Waals surface area (Å²) < 4.78 is 33.4. The van der Waals surface area contributed by atoms with Gasteiger partial charge in [0.05, 0.1) is 5.69 Å². The quantitative estimate of drug-likeness (QED) is 0.230. The molecule has 2 saturated heterocycles. The van der Waals surface area contributed by atoms with Crippen LogP contribution in [0.3, 0.4) is 0 Å². The van der Waals surface area contributed by atoms with Crippen molar-refractivity contribution in [2.75, 3.05) is 52.6 Å². The molecule has 1 aromatic heterocycles. The molecule has 5 amide bonds. The number of carboxylic acids is 1. The number of carbonyl (C=O) groups excluding carboxylic acids is 4. The van der Waals surface area contributed by atoms with Gasteiger partial charge in [-0.15, -0.1) is 0 Å². The van der Waals surface area contributed by atoms with E-state index in [2.05, 4.69) is 15.7 Å². The fourth-order valence-corrected chi connectivity index (χ4v) is 5.31. The van der Waals surface area contributed by atoms with Crippen LogP contribution in [0, 0.1) is 5.82 Å². The number of nitrogens with zero attached hydrogens (tertiary/aromatic N) is 5. The van der Waals surface area contributed by atoms with E-state index >= 15 is 0 Å². The molecule has 0 aliphatic carbocycles. The highest BCUT2D eigenvalue weighted by Gasteiger charge is 2.35. The lowest BCUT2D eigenvalue weighted by atomic mass is 10.1. The van der Waals surface area contributed by atoms with Crippen LogP contribution in [0.15, 0.2) is 30.3 Å². The topological polar surface area (TPSA) is 204 Å². The van der Waals surface area contributed by atoms with Crippen molar-refractivity contribution in [2.45, 2.75) is 37.8 Å². The average Bonchev–Trinajstić information content (AvgIpc) is 3.72. The Kier molecular flexibility index (Phi) is 11.6. The first kappa shape index (κ1) is 34.6. The minimum Gasteiger partial charge on any atom is -0.481 e. The van der Waals surface area contributed by atoms with Gasteiger partial charge >= 0.3 is 12.1 Å². The number of ether oxygens (including phenoxy) is 1. The third-order valence-electron chi connectivity index (χ3n) is 7.69. The lowest BCUT2D eigenvalue weighted by Gasteiger charge is -2.35. The zero-order chi connectivity index (χ0) is 34.1. The van der Waals surface area contributed by atoms with Crippen LogP contribution in [0.2, 0.25) is 0 Å². The van der Waals surface area contributed by atoms with Gasteiger partial charge in [0.1, 0.15) is 24.6 Å². The Hall–Kier alpha value is -5.29. The third-order valence-corrected chi connectivity index (χ3v) is 7.69. The number of aliphatic carboxylic acids is 1. The third kappa shape index (κ3) is 8.92. The van der Waals surface area contributed by atoms with Crippen LogP contribution >= 0.6 is 0 Å². The molecule has 3 heterocycles. The van der Waals surface area contributed by atoms with Crippen molar-refractivity contribution in [3.8, 4) is 11.6 Å². The summed E-state index contributed by atoms with van der Waals surface area (Å²) in [6.07, 6.45) is -0.935. The van der Waals surface area contributed by atoms with Crippen molar-refractivity contribution in [3.05, 3.63) is 41.8 Å². The van der Waals surface area contributed by atoms with Gasteiger partial charge in [0.15, 0.2) is 12.3 Å². The maximum Gasteiger partial charge on any atom is 0.407 e. The van der Waals surface area contributed by atoms with Crippen LogP contribution in [-0.2, 0) is 19.2 Å². The van der Waals surface area contributed by atoms with Gasteiger partial charge in [0, 0.05) is 51.8 Å². The van der Waals surface area contributed by atoms with Crippen LogP contribution in [0.1, 0.15) is 36.2 Å². The highest BCUT2D eigenvalue weighted by atomic mass is 19.1. The second-order valence-corrected chi connectivity index (χ2v) is 10.8. The summed E-state index contributed by atoms with van der Waals surface area (Å²) in [7, 11) is 0. The number of nitrogens with one attached hydrogen (secondary N) is 2. The SMILES string of the molecule is O=C(O)CC[C@H](NC(=O)c1cc(OCC(=O)N2CCC[C@H]2C(=O)NCCF)n(-c2cccc(F)c2)n1)C(=O)N1CCN(C(=O)O)CC1. The van der Waals surface area contributed by atoms with Gasteiger partial charge in [-0.3, -0.25) is 24.0 Å². The highest BCUT2D eigenvalue weighted by molar-refractivity contribution is 5.96. The molecule has 4 rings (SSSR count). The Morgan fingerprint density at radius 2 is 1.74 bits per heavy atom. The summed E-state index contributed by atoms with van der Waals surface area (Å²) in [6.45, 7) is -1.10. The molecule has 47 heavy (non-hydrogen) atoms. The van der Waals surface area contributed by atoms with Crippen molar-refractivity contribution < 1.29 is 52.5 Å². The molecule has 254 valence electrons. The molecule has 2 fully saturated rings. The molecule has 2 aliphatic heterocycles. The number of aromatic nitrogens is 2. The molecule has 0 unspecified atom stereocenters. The standard InChI is InChI=1S/C29H35F2N7O9/c30-8-9-32-27(43)22-5-2-10-37(22)23(39)17-47-24-16-21(34-38(24)19-4-1-3-18(31)15-19)26(42)33-20(6-7-25(40)41)28(44)35-11-13-36(14-12-35)29(45)46/h1,3-4,15-16,20,22H,2,5-14,17H2,(H,32,43)(H,33,42)(H,40,41)(H,45,46)/t20-,22-/m0/s1. The number of hydrogen-bond acceptors (Lipinski definition) is 8. The molecule has 1 aromatic carbocycles. The Bertz CT molecular complexity index is 1500. The second kappa shape index (κ2) is 15.8. The van der Waals surface area contributed by atoms with Crippen molar-refractivity contribution in [1.29, 1.82) is 0 Å². The number of amides is 5. The lowest BCUT2D eigenvalue weighted by Crippen LogP contribution is -2.55. The average molecular weight is 664 g/mol. The van der Waals surface area contributed by atoms with Crippen molar-refractivity contribution >= 4 is 35.7 Å². The number of carbonyl (C=O) groups is 6. The summed E-state index contributed by atoms with van der Waals surface area (Å²) in [5, 5.41) is 27.5. The number of halogens is 2. The molecule has 0 radical (unpaired) electrons. The molecule has 0 bridgehead atoms. The van der Waals surface area contributed by atoms with E-state index in [0.29, 0.717) is 12.8 Å². The van der Waals surface area contributed by atoms with Crippen LogP contribution in [0.4, 0.5) is 13.6 Å². The predicted octanol–water partition coefficient (Wildman–Crippen LogP) is 0.252. The maximum atomic E-state index is 14.1. The molecule has 2 atom stereocenters. The number of carboxylic acid groups (broad SMARTS) is 2. The smallest absolute Gasteiger partial charge is 0.407 e. The molecule has 2 aliphatic rings. The number of benzene rings is 1. The van der Waals surface area contributed by atoms with Gasteiger partial charge in [-0.25, -0.2) is 18.3 Å². The van der Waals surface area contributed by atoms with E-state index in [1.54, 1.807) is 0 Å². The number of rotatable bonds is 13. The zero-order valence-electron chi connectivity index (χ0n) is 25.3. The first-order chi connectivity index (χ1) is 22.5. The van der Waals surface area contributed by atoms with E-state index in [-0.39, 0.29) is 63.0 Å². The summed E-state index contributed by atoms with van der Waals surface area (Å²) in [5.74, 6) is -4.54. The van der Waals surface area contributed by atoms with Crippen LogP contribution in [-0.4, -0.2) is 135 Å². The molecule has 18 heteroatoms. The first-order valence-corrected chi connectivity index (χ1v) is 14.9. The molecule has 4 N–H and O–H groups in total. The molecule has 0 spiro atoms. The van der Waals surface area contributed by atoms with E-state index in [9.17, 15) is 47.8 Å². The van der Waals surface area contributed by atoms with Gasteiger partial charge in [-0.1, -0.05) is 6.07 Å². The fourth-order valence-electron chi connectivity index (χ4n) is 5.31. The summed E-state index contributed by atoms with van der Waals surface area (Å²) in [5.41, 5.74) is -0.170. The van der Waals surface area contributed by atoms with Gasteiger partial charge in [0.2, 0.25) is 17.7 Å². The van der Waals surface area contributed by atoms with Crippen LogP contribution in [0.25, 0.3) is 5.69 Å². The van der Waals surface area contributed by atoms with Gasteiger partial charge in [-0.2, -0.15) is 5.10 Å². The molecule has 16 nitrogen and oxygen atoms in total. The highest BCUT2D eigenvalue weighted by Crippen LogP contribution is 2.23. The Balaban J connectivity index is 1.52. The maximum absolute atomic E-state index is 14.1. The largest absolute Gasteiger partial charge is 0.481 e. The second-order valence-electron chi connectivity index (χ2n) is 10.8.